The van der Waals surface area contributed by atoms with E-state index >= 15 is 0 Å². The van der Waals surface area contributed by atoms with E-state index in [0.29, 0.717) is 48.3 Å². The van der Waals surface area contributed by atoms with Gasteiger partial charge in [0.15, 0.2) is 17.3 Å². The fourth-order valence-corrected chi connectivity index (χ4v) is 4.50. The Labute approximate surface area is 213 Å². The predicted molar refractivity (Wildman–Crippen MR) is 137 cm³/mol. The first kappa shape index (κ1) is 24.2. The molecule has 1 atom stereocenters. The van der Waals surface area contributed by atoms with Crippen LogP contribution in [0.15, 0.2) is 49.1 Å². The van der Waals surface area contributed by atoms with Gasteiger partial charge in [-0.2, -0.15) is 9.78 Å². The van der Waals surface area contributed by atoms with Gasteiger partial charge in [-0.1, -0.05) is 26.8 Å². The van der Waals surface area contributed by atoms with Crippen molar-refractivity contribution in [3.05, 3.63) is 60.2 Å². The second kappa shape index (κ2) is 9.19. The summed E-state index contributed by atoms with van der Waals surface area (Å²) >= 11 is 0. The van der Waals surface area contributed by atoms with Crippen LogP contribution in [0.25, 0.3) is 11.5 Å². The zero-order chi connectivity index (χ0) is 26.3. The Morgan fingerprint density at radius 3 is 2.62 bits per heavy atom. The molecule has 0 radical (unpaired) electrons. The highest BCUT2D eigenvalue weighted by Crippen LogP contribution is 2.31. The molecule has 12 nitrogen and oxygen atoms in total. The number of rotatable bonds is 4. The van der Waals surface area contributed by atoms with E-state index in [1.807, 2.05) is 44.7 Å². The lowest BCUT2D eigenvalue weighted by Crippen LogP contribution is -2.59. The summed E-state index contributed by atoms with van der Waals surface area (Å²) in [5.74, 6) is 1.22. The van der Waals surface area contributed by atoms with Crippen molar-refractivity contribution in [2.24, 2.45) is 5.41 Å². The van der Waals surface area contributed by atoms with Gasteiger partial charge < -0.3 is 20.2 Å². The van der Waals surface area contributed by atoms with Crippen LogP contribution in [-0.4, -0.2) is 77.0 Å². The summed E-state index contributed by atoms with van der Waals surface area (Å²) in [5.41, 5.74) is 1.50. The first-order valence-electron chi connectivity index (χ1n) is 12.0. The van der Waals surface area contributed by atoms with Crippen LogP contribution in [0.2, 0.25) is 0 Å². The van der Waals surface area contributed by atoms with Crippen LogP contribution in [0.4, 0.5) is 16.4 Å². The summed E-state index contributed by atoms with van der Waals surface area (Å²) in [6, 6.07) is 7.05. The minimum atomic E-state index is -0.927. The average Bonchev–Trinajstić information content (AvgIpc) is 3.48. The van der Waals surface area contributed by atoms with Gasteiger partial charge in [-0.25, -0.2) is 19.3 Å². The largest absolute Gasteiger partial charge is 0.465 e. The van der Waals surface area contributed by atoms with E-state index in [4.69, 9.17) is 5.10 Å². The maximum Gasteiger partial charge on any atom is 0.407 e. The van der Waals surface area contributed by atoms with Crippen LogP contribution in [0.3, 0.4) is 0 Å². The third-order valence-electron chi connectivity index (χ3n) is 6.52. The standard InChI is InChI=1S/C25H29N9O3/c1-16-6-7-19(27-13-16)34-20(29-23(35)17-14-28-33-9-5-8-26-22(17)33)12-21(30-34)31-10-11-32(24(36)37)18(15-31)25(2,3)4/h5-9,12-14,18H,10-11,15H2,1-4H3,(H,29,35)(H,36,37). The molecule has 5 rings (SSSR count). The lowest BCUT2D eigenvalue weighted by atomic mass is 9.84. The quantitative estimate of drug-likeness (QED) is 0.434. The monoisotopic (exact) mass is 503 g/mol. The van der Waals surface area contributed by atoms with Gasteiger partial charge in [0.1, 0.15) is 11.4 Å². The van der Waals surface area contributed by atoms with Gasteiger partial charge in [0, 0.05) is 44.3 Å². The molecule has 1 fully saturated rings. The van der Waals surface area contributed by atoms with Crippen molar-refractivity contribution in [3.63, 3.8) is 0 Å². The van der Waals surface area contributed by atoms with E-state index in [1.54, 1.807) is 35.4 Å². The Kier molecular flexibility index (Phi) is 6.02. The Hall–Kier alpha value is -4.48. The number of pyridine rings is 1. The van der Waals surface area contributed by atoms with Crippen LogP contribution >= 0.6 is 0 Å². The molecule has 4 aromatic heterocycles. The summed E-state index contributed by atoms with van der Waals surface area (Å²) in [4.78, 5) is 37.4. The first-order valence-corrected chi connectivity index (χ1v) is 12.0. The number of hydrogen-bond donors (Lipinski definition) is 2. The highest BCUT2D eigenvalue weighted by Gasteiger charge is 2.38. The fraction of sp³-hybridized carbons (Fsp3) is 0.360. The minimum Gasteiger partial charge on any atom is -0.465 e. The molecule has 5 heterocycles. The lowest BCUT2D eigenvalue weighted by Gasteiger charge is -2.46. The molecular formula is C25H29N9O3. The highest BCUT2D eigenvalue weighted by atomic mass is 16.4. The summed E-state index contributed by atoms with van der Waals surface area (Å²) in [6.07, 6.45) is 5.61. The second-order valence-electron chi connectivity index (χ2n) is 10.2. The summed E-state index contributed by atoms with van der Waals surface area (Å²) in [7, 11) is 0. The third kappa shape index (κ3) is 4.69. The number of nitrogens with zero attached hydrogens (tertiary/aromatic N) is 8. The fourth-order valence-electron chi connectivity index (χ4n) is 4.50. The van der Waals surface area contributed by atoms with Gasteiger partial charge >= 0.3 is 6.09 Å². The number of carbonyl (C=O) groups excluding carboxylic acids is 1. The summed E-state index contributed by atoms with van der Waals surface area (Å²) in [6.45, 7) is 9.33. The molecule has 0 aromatic carbocycles. The maximum atomic E-state index is 13.3. The van der Waals surface area contributed by atoms with Crippen LogP contribution in [0.5, 0.6) is 0 Å². The zero-order valence-corrected chi connectivity index (χ0v) is 21.2. The molecule has 12 heteroatoms. The summed E-state index contributed by atoms with van der Waals surface area (Å²) in [5, 5.41) is 21.7. The topological polar surface area (TPSA) is 134 Å². The molecule has 0 saturated carbocycles. The number of hydrogen-bond acceptors (Lipinski definition) is 7. The number of fused-ring (bicyclic) bond motifs is 1. The minimum absolute atomic E-state index is 0.232. The Bertz CT molecular complexity index is 1450. The highest BCUT2D eigenvalue weighted by molar-refractivity contribution is 6.08. The Balaban J connectivity index is 1.50. The van der Waals surface area contributed by atoms with Crippen LogP contribution < -0.4 is 10.2 Å². The molecule has 1 unspecified atom stereocenters. The normalized spacial score (nSPS) is 16.3. The number of carboxylic acid groups (broad SMARTS) is 1. The molecule has 2 N–H and O–H groups in total. The number of aromatic nitrogens is 6. The molecule has 0 spiro atoms. The Morgan fingerprint density at radius 1 is 1.11 bits per heavy atom. The van der Waals surface area contributed by atoms with E-state index in [0.717, 1.165) is 5.56 Å². The van der Waals surface area contributed by atoms with Gasteiger partial charge in [0.05, 0.1) is 12.2 Å². The van der Waals surface area contributed by atoms with Crippen molar-refractivity contribution in [2.75, 3.05) is 29.9 Å². The van der Waals surface area contributed by atoms with Crippen molar-refractivity contribution < 1.29 is 14.7 Å². The molecule has 4 aromatic rings. The van der Waals surface area contributed by atoms with Crippen molar-refractivity contribution >= 4 is 29.3 Å². The van der Waals surface area contributed by atoms with Gasteiger partial charge in [0.25, 0.3) is 5.91 Å². The van der Waals surface area contributed by atoms with Crippen LogP contribution in [0.1, 0.15) is 36.7 Å². The molecular weight excluding hydrogens is 474 g/mol. The molecule has 1 aliphatic heterocycles. The molecule has 192 valence electrons. The number of nitrogens with one attached hydrogen (secondary N) is 1. The second-order valence-corrected chi connectivity index (χ2v) is 10.2. The van der Waals surface area contributed by atoms with Crippen molar-refractivity contribution in [2.45, 2.75) is 33.7 Å². The SMILES string of the molecule is Cc1ccc(-n2nc(N3CCN(C(=O)O)C(C(C)(C)C)C3)cc2NC(=O)c2cnn3cccnc23)nc1. The van der Waals surface area contributed by atoms with Crippen molar-refractivity contribution in [1.29, 1.82) is 0 Å². The number of piperazine rings is 1. The van der Waals surface area contributed by atoms with Crippen LogP contribution in [0, 0.1) is 12.3 Å². The number of aryl methyl sites for hydroxylation is 1. The lowest BCUT2D eigenvalue weighted by molar-refractivity contribution is 0.0746. The number of anilines is 2. The van der Waals surface area contributed by atoms with Gasteiger partial charge in [-0.15, -0.1) is 5.10 Å². The smallest absolute Gasteiger partial charge is 0.407 e. The van der Waals surface area contributed by atoms with Gasteiger partial charge in [-0.3, -0.25) is 4.79 Å². The zero-order valence-electron chi connectivity index (χ0n) is 21.2. The van der Waals surface area contributed by atoms with Gasteiger partial charge in [-0.05, 0) is 30.0 Å². The third-order valence-corrected chi connectivity index (χ3v) is 6.52. The van der Waals surface area contributed by atoms with E-state index in [9.17, 15) is 14.7 Å². The van der Waals surface area contributed by atoms with E-state index in [1.165, 1.54) is 15.6 Å². The van der Waals surface area contributed by atoms with E-state index in [2.05, 4.69) is 20.4 Å². The summed E-state index contributed by atoms with van der Waals surface area (Å²) < 4.78 is 3.12. The van der Waals surface area contributed by atoms with Crippen molar-refractivity contribution in [3.8, 4) is 5.82 Å². The molecule has 2 amide bonds. The number of amides is 2. The Morgan fingerprint density at radius 2 is 1.92 bits per heavy atom. The first-order chi connectivity index (χ1) is 17.6. The molecule has 0 aliphatic carbocycles. The average molecular weight is 504 g/mol. The molecule has 0 bridgehead atoms. The maximum absolute atomic E-state index is 13.3. The predicted octanol–water partition coefficient (Wildman–Crippen LogP) is 3.09. The van der Waals surface area contributed by atoms with Crippen LogP contribution in [-0.2, 0) is 0 Å². The molecule has 37 heavy (non-hydrogen) atoms. The molecule has 1 saturated heterocycles. The van der Waals surface area contributed by atoms with Gasteiger partial charge in [0.2, 0.25) is 0 Å². The number of carbonyl (C=O) groups is 2. The van der Waals surface area contributed by atoms with Crippen molar-refractivity contribution in [1.82, 2.24) is 34.3 Å². The van der Waals surface area contributed by atoms with E-state index in [-0.39, 0.29) is 17.4 Å². The van der Waals surface area contributed by atoms with E-state index < -0.39 is 6.09 Å². The molecule has 1 aliphatic rings.